The molecule has 0 aromatic rings. The van der Waals surface area contributed by atoms with Crippen LogP contribution in [0.15, 0.2) is 0 Å². The maximum Gasteiger partial charge on any atom is 0.304 e. The summed E-state index contributed by atoms with van der Waals surface area (Å²) < 4.78 is 23.7. The normalized spacial score (nSPS) is 12.3. The molecule has 0 aliphatic rings. The van der Waals surface area contributed by atoms with Gasteiger partial charge in [0.05, 0.1) is 13.0 Å². The van der Waals surface area contributed by atoms with Crippen LogP contribution >= 0.6 is 0 Å². The van der Waals surface area contributed by atoms with E-state index >= 15 is 0 Å². The van der Waals surface area contributed by atoms with E-state index in [1.165, 1.54) is 7.05 Å². The fourth-order valence-corrected chi connectivity index (χ4v) is 1.39. The van der Waals surface area contributed by atoms with Gasteiger partial charge in [-0.05, 0) is 5.92 Å². The second-order valence-electron chi connectivity index (χ2n) is 3.76. The maximum atomic E-state index is 11.4. The van der Waals surface area contributed by atoms with E-state index in [9.17, 15) is 13.2 Å². The summed E-state index contributed by atoms with van der Waals surface area (Å²) in [5.74, 6) is -0.850. The van der Waals surface area contributed by atoms with Gasteiger partial charge in [0.1, 0.15) is 0 Å². The summed E-state index contributed by atoms with van der Waals surface area (Å²) in [7, 11) is -2.47. The molecule has 0 spiro atoms. The number of carboxylic acid groups (broad SMARTS) is 1. The molecule has 0 atom stereocenters. The third kappa shape index (κ3) is 6.72. The molecule has 96 valence electrons. The number of rotatable bonds is 8. The first kappa shape index (κ1) is 15.3. The highest BCUT2D eigenvalue weighted by atomic mass is 32.2. The topological polar surface area (TPSA) is 95.9 Å². The van der Waals surface area contributed by atoms with Gasteiger partial charge >= 0.3 is 16.2 Å². The Hall–Kier alpha value is -0.700. The monoisotopic (exact) mass is 254 g/mol. The summed E-state index contributed by atoms with van der Waals surface area (Å²) in [5, 5.41) is 8.40. The first-order valence-electron chi connectivity index (χ1n) is 4.82. The summed E-state index contributed by atoms with van der Waals surface area (Å²) >= 11 is 0. The molecule has 0 rings (SSSR count). The molecule has 0 heterocycles. The molecule has 8 heteroatoms. The van der Waals surface area contributed by atoms with Gasteiger partial charge in [0.2, 0.25) is 0 Å². The van der Waals surface area contributed by atoms with Crippen molar-refractivity contribution in [3.8, 4) is 0 Å². The minimum absolute atomic E-state index is 0.101. The number of aliphatic carboxylic acids is 1. The lowest BCUT2D eigenvalue weighted by atomic mass is 10.2. The minimum Gasteiger partial charge on any atom is -0.481 e. The molecular formula is C8H18N2O5S. The molecule has 0 saturated heterocycles. The van der Waals surface area contributed by atoms with E-state index in [0.717, 1.165) is 4.31 Å². The van der Waals surface area contributed by atoms with Crippen molar-refractivity contribution in [2.75, 3.05) is 20.2 Å². The van der Waals surface area contributed by atoms with Crippen LogP contribution in [0.2, 0.25) is 0 Å². The SMILES string of the molecule is CC(C)CONS(=O)(=O)N(C)CCC(=O)O. The highest BCUT2D eigenvalue weighted by Gasteiger charge is 2.18. The van der Waals surface area contributed by atoms with Crippen molar-refractivity contribution in [2.24, 2.45) is 5.92 Å². The molecule has 0 radical (unpaired) electrons. The van der Waals surface area contributed by atoms with Gasteiger partial charge in [-0.3, -0.25) is 9.63 Å². The van der Waals surface area contributed by atoms with Gasteiger partial charge in [-0.2, -0.15) is 12.7 Å². The molecule has 0 aromatic heterocycles. The summed E-state index contributed by atoms with van der Waals surface area (Å²) in [5.41, 5.74) is 0. The Morgan fingerprint density at radius 2 is 2.06 bits per heavy atom. The van der Waals surface area contributed by atoms with Gasteiger partial charge in [-0.25, -0.2) is 0 Å². The number of hydrogen-bond donors (Lipinski definition) is 2. The van der Waals surface area contributed by atoms with Crippen LogP contribution in [0.3, 0.4) is 0 Å². The van der Waals surface area contributed by atoms with E-state index in [1.54, 1.807) is 0 Å². The largest absolute Gasteiger partial charge is 0.481 e. The zero-order valence-corrected chi connectivity index (χ0v) is 10.5. The smallest absolute Gasteiger partial charge is 0.304 e. The Balaban J connectivity index is 4.06. The Morgan fingerprint density at radius 3 is 2.50 bits per heavy atom. The van der Waals surface area contributed by atoms with Crippen molar-refractivity contribution in [1.29, 1.82) is 0 Å². The number of nitrogens with zero attached hydrogens (tertiary/aromatic N) is 1. The van der Waals surface area contributed by atoms with Gasteiger partial charge in [-0.1, -0.05) is 18.7 Å². The van der Waals surface area contributed by atoms with E-state index in [4.69, 9.17) is 9.94 Å². The lowest BCUT2D eigenvalue weighted by Crippen LogP contribution is -2.39. The second-order valence-corrected chi connectivity index (χ2v) is 5.50. The standard InChI is InChI=1S/C8H18N2O5S/c1-7(2)6-15-9-16(13,14)10(3)5-4-8(11)12/h7,9H,4-6H2,1-3H3,(H,11,12). The maximum absolute atomic E-state index is 11.4. The first-order valence-corrected chi connectivity index (χ1v) is 6.26. The lowest BCUT2D eigenvalue weighted by molar-refractivity contribution is -0.137. The quantitative estimate of drug-likeness (QED) is 0.585. The molecule has 2 N–H and O–H groups in total. The van der Waals surface area contributed by atoms with Crippen molar-refractivity contribution in [3.05, 3.63) is 0 Å². The number of nitrogens with one attached hydrogen (secondary N) is 1. The highest BCUT2D eigenvalue weighted by Crippen LogP contribution is 1.97. The van der Waals surface area contributed by atoms with Crippen LogP contribution in [-0.4, -0.2) is 44.0 Å². The lowest BCUT2D eigenvalue weighted by Gasteiger charge is -2.16. The molecular weight excluding hydrogens is 236 g/mol. The van der Waals surface area contributed by atoms with E-state index in [0.29, 0.717) is 0 Å². The zero-order chi connectivity index (χ0) is 12.8. The van der Waals surface area contributed by atoms with Crippen LogP contribution in [0.1, 0.15) is 20.3 Å². The van der Waals surface area contributed by atoms with Crippen LogP contribution in [0, 0.1) is 5.92 Å². The third-order valence-corrected chi connectivity index (χ3v) is 2.96. The van der Waals surface area contributed by atoms with Crippen molar-refractivity contribution in [2.45, 2.75) is 20.3 Å². The van der Waals surface area contributed by atoms with Crippen LogP contribution in [0.5, 0.6) is 0 Å². The van der Waals surface area contributed by atoms with Crippen molar-refractivity contribution in [1.82, 2.24) is 9.19 Å². The van der Waals surface area contributed by atoms with Gasteiger partial charge in [0.25, 0.3) is 0 Å². The fourth-order valence-electron chi connectivity index (χ4n) is 0.712. The predicted molar refractivity (Wildman–Crippen MR) is 57.7 cm³/mol. The van der Waals surface area contributed by atoms with Gasteiger partial charge in [0.15, 0.2) is 0 Å². The number of hydrogen-bond acceptors (Lipinski definition) is 4. The minimum atomic E-state index is -3.75. The summed E-state index contributed by atoms with van der Waals surface area (Å²) in [6, 6.07) is 0. The van der Waals surface area contributed by atoms with Crippen molar-refractivity contribution >= 4 is 16.2 Å². The summed E-state index contributed by atoms with van der Waals surface area (Å²) in [4.78, 5) is 16.9. The Kier molecular flexibility index (Phi) is 6.49. The molecule has 0 unspecified atom stereocenters. The molecule has 16 heavy (non-hydrogen) atoms. The molecule has 0 aromatic carbocycles. The van der Waals surface area contributed by atoms with E-state index in [2.05, 4.69) is 0 Å². The van der Waals surface area contributed by atoms with Gasteiger partial charge in [0, 0.05) is 13.6 Å². The Bertz CT molecular complexity index is 314. The molecule has 7 nitrogen and oxygen atoms in total. The van der Waals surface area contributed by atoms with E-state index in [1.807, 2.05) is 18.7 Å². The molecule has 0 saturated carbocycles. The Morgan fingerprint density at radius 1 is 1.50 bits per heavy atom. The van der Waals surface area contributed by atoms with Gasteiger partial charge in [-0.15, -0.1) is 0 Å². The van der Waals surface area contributed by atoms with E-state index in [-0.39, 0.29) is 25.5 Å². The van der Waals surface area contributed by atoms with E-state index < -0.39 is 16.2 Å². The predicted octanol–water partition coefficient (Wildman–Crippen LogP) is -0.185. The third-order valence-electron chi connectivity index (χ3n) is 1.63. The van der Waals surface area contributed by atoms with Crippen LogP contribution < -0.4 is 4.89 Å². The molecule has 0 aliphatic heterocycles. The average molecular weight is 254 g/mol. The first-order chi connectivity index (χ1) is 7.25. The summed E-state index contributed by atoms with van der Waals surface area (Å²) in [6.45, 7) is 3.91. The summed E-state index contributed by atoms with van der Waals surface area (Å²) in [6.07, 6.45) is -0.248. The fraction of sp³-hybridized carbons (Fsp3) is 0.875. The number of carbonyl (C=O) groups is 1. The highest BCUT2D eigenvalue weighted by molar-refractivity contribution is 7.86. The average Bonchev–Trinajstić information content (AvgIpc) is 2.12. The Labute approximate surface area is 95.5 Å². The molecule has 0 amide bonds. The molecule has 0 fully saturated rings. The molecule has 0 bridgehead atoms. The van der Waals surface area contributed by atoms with Gasteiger partial charge < -0.3 is 5.11 Å². The zero-order valence-electron chi connectivity index (χ0n) is 9.63. The van der Waals surface area contributed by atoms with Crippen LogP contribution in [0.4, 0.5) is 0 Å². The van der Waals surface area contributed by atoms with Crippen LogP contribution in [-0.2, 0) is 19.8 Å². The van der Waals surface area contributed by atoms with Crippen molar-refractivity contribution < 1.29 is 23.2 Å². The van der Waals surface area contributed by atoms with Crippen molar-refractivity contribution in [3.63, 3.8) is 0 Å². The van der Waals surface area contributed by atoms with Crippen LogP contribution in [0.25, 0.3) is 0 Å². The number of carboxylic acids is 1. The second kappa shape index (κ2) is 6.79. The molecule has 0 aliphatic carbocycles.